The highest BCUT2D eigenvalue weighted by atomic mass is 14.7. The molecule has 0 heteroatoms. The van der Waals surface area contributed by atoms with E-state index in [-0.39, 0.29) is 0 Å². The van der Waals surface area contributed by atoms with Crippen molar-refractivity contribution in [1.82, 2.24) is 0 Å². The van der Waals surface area contributed by atoms with Crippen molar-refractivity contribution >= 4 is 0 Å². The van der Waals surface area contributed by atoms with E-state index in [4.69, 9.17) is 0 Å². The lowest BCUT2D eigenvalue weighted by Crippen LogP contribution is -2.34. The van der Waals surface area contributed by atoms with Crippen LogP contribution < -0.4 is 0 Å². The molecule has 0 aromatic rings. The third kappa shape index (κ3) is 0.955. The van der Waals surface area contributed by atoms with Gasteiger partial charge in [0, 0.05) is 0 Å². The summed E-state index contributed by atoms with van der Waals surface area (Å²) in [6.07, 6.45) is 5.80. The number of rotatable bonds is 2. The van der Waals surface area contributed by atoms with E-state index in [9.17, 15) is 0 Å². The van der Waals surface area contributed by atoms with Crippen molar-refractivity contribution in [2.24, 2.45) is 28.6 Å². The lowest BCUT2D eigenvalue weighted by atomic mass is 9.63. The van der Waals surface area contributed by atoms with E-state index in [1.54, 1.807) is 0 Å². The Morgan fingerprint density at radius 3 is 1.93 bits per heavy atom. The maximum Gasteiger partial charge on any atom is -0.0241 e. The first-order valence-electron chi connectivity index (χ1n) is 6.50. The molecule has 2 fully saturated rings. The zero-order valence-corrected chi connectivity index (χ0v) is 10.6. The smallest absolute Gasteiger partial charge is 0.0241 e. The summed E-state index contributed by atoms with van der Waals surface area (Å²) in [5.74, 6) is 2.98. The molecule has 14 heavy (non-hydrogen) atoms. The first kappa shape index (κ1) is 10.5. The van der Waals surface area contributed by atoms with E-state index in [0.29, 0.717) is 10.8 Å². The maximum atomic E-state index is 2.53. The van der Waals surface area contributed by atoms with Crippen LogP contribution in [0.1, 0.15) is 60.3 Å². The van der Waals surface area contributed by atoms with Crippen molar-refractivity contribution < 1.29 is 0 Å². The fourth-order valence-electron chi connectivity index (χ4n) is 5.38. The summed E-state index contributed by atoms with van der Waals surface area (Å²) in [6, 6.07) is 0. The molecule has 0 nitrogen and oxygen atoms in total. The molecule has 0 heterocycles. The molecule has 0 aliphatic heterocycles. The van der Waals surface area contributed by atoms with Crippen LogP contribution >= 0.6 is 0 Å². The highest BCUT2D eigenvalue weighted by Gasteiger charge is 2.63. The summed E-state index contributed by atoms with van der Waals surface area (Å²) in [5.41, 5.74) is 1.32. The van der Waals surface area contributed by atoms with Gasteiger partial charge in [-0.25, -0.2) is 0 Å². The van der Waals surface area contributed by atoms with Gasteiger partial charge in [0.1, 0.15) is 0 Å². The Morgan fingerprint density at radius 1 is 1.07 bits per heavy atom. The topological polar surface area (TPSA) is 0 Å². The van der Waals surface area contributed by atoms with E-state index in [2.05, 4.69) is 34.6 Å². The molecule has 0 N–H and O–H groups in total. The highest BCUT2D eigenvalue weighted by molar-refractivity contribution is 5.11. The van der Waals surface area contributed by atoms with Crippen LogP contribution in [0.5, 0.6) is 0 Å². The first-order chi connectivity index (χ1) is 6.50. The second-order valence-corrected chi connectivity index (χ2v) is 6.29. The van der Waals surface area contributed by atoms with Crippen molar-refractivity contribution in [2.75, 3.05) is 0 Å². The predicted molar refractivity (Wildman–Crippen MR) is 62.2 cm³/mol. The second kappa shape index (κ2) is 3.00. The second-order valence-electron chi connectivity index (χ2n) is 6.29. The van der Waals surface area contributed by atoms with Crippen LogP contribution in [0.15, 0.2) is 0 Å². The third-order valence-corrected chi connectivity index (χ3v) is 6.14. The van der Waals surface area contributed by atoms with E-state index >= 15 is 0 Å². The molecule has 0 spiro atoms. The van der Waals surface area contributed by atoms with Gasteiger partial charge in [-0.05, 0) is 54.3 Å². The van der Waals surface area contributed by atoms with E-state index < -0.39 is 0 Å². The highest BCUT2D eigenvalue weighted by Crippen LogP contribution is 2.70. The minimum atomic E-state index is 0.630. The molecule has 0 aromatic heterocycles. The van der Waals surface area contributed by atoms with Crippen LogP contribution in [0, 0.1) is 28.6 Å². The Morgan fingerprint density at radius 2 is 1.64 bits per heavy atom. The van der Waals surface area contributed by atoms with Crippen molar-refractivity contribution in [3.63, 3.8) is 0 Å². The van der Waals surface area contributed by atoms with Gasteiger partial charge in [0.25, 0.3) is 0 Å². The molecular weight excluding hydrogens is 168 g/mol. The van der Waals surface area contributed by atoms with Crippen LogP contribution in [0.25, 0.3) is 0 Å². The summed E-state index contributed by atoms with van der Waals surface area (Å²) in [6.45, 7) is 12.4. The minimum Gasteiger partial charge on any atom is -0.0648 e. The van der Waals surface area contributed by atoms with E-state index in [1.807, 2.05) is 0 Å². The first-order valence-corrected chi connectivity index (χ1v) is 6.50. The Kier molecular flexibility index (Phi) is 2.25. The Balaban J connectivity index is 2.39. The fraction of sp³-hybridized carbons (Fsp3) is 1.00. The van der Waals surface area contributed by atoms with Crippen LogP contribution in [-0.4, -0.2) is 0 Å². The van der Waals surface area contributed by atoms with E-state index in [1.165, 1.54) is 25.7 Å². The van der Waals surface area contributed by atoms with Gasteiger partial charge in [-0.3, -0.25) is 0 Å². The van der Waals surface area contributed by atoms with Crippen molar-refractivity contribution in [3.05, 3.63) is 0 Å². The van der Waals surface area contributed by atoms with Crippen LogP contribution in [0.3, 0.4) is 0 Å². The molecule has 0 amide bonds. The van der Waals surface area contributed by atoms with Gasteiger partial charge in [0.15, 0.2) is 0 Å². The number of hydrogen-bond donors (Lipinski definition) is 0. The van der Waals surface area contributed by atoms with Gasteiger partial charge >= 0.3 is 0 Å². The molecule has 2 bridgehead atoms. The molecule has 0 radical (unpaired) electrons. The Hall–Kier alpha value is 0. The average molecular weight is 194 g/mol. The number of fused-ring (bicyclic) bond motifs is 2. The van der Waals surface area contributed by atoms with Crippen molar-refractivity contribution in [1.29, 1.82) is 0 Å². The lowest BCUT2D eigenvalue weighted by Gasteiger charge is -2.42. The number of hydrogen-bond acceptors (Lipinski definition) is 0. The minimum absolute atomic E-state index is 0.630. The van der Waals surface area contributed by atoms with Gasteiger partial charge in [0.2, 0.25) is 0 Å². The zero-order chi connectivity index (χ0) is 10.6. The molecule has 0 unspecified atom stereocenters. The summed E-state index contributed by atoms with van der Waals surface area (Å²) >= 11 is 0. The molecule has 0 saturated heterocycles. The zero-order valence-electron chi connectivity index (χ0n) is 10.6. The van der Waals surface area contributed by atoms with Crippen molar-refractivity contribution in [3.8, 4) is 0 Å². The van der Waals surface area contributed by atoms with Crippen molar-refractivity contribution in [2.45, 2.75) is 60.3 Å². The molecule has 82 valence electrons. The maximum absolute atomic E-state index is 2.53. The molecule has 0 aromatic carbocycles. The fourth-order valence-corrected chi connectivity index (χ4v) is 5.38. The Labute approximate surface area is 89.5 Å². The average Bonchev–Trinajstić information content (AvgIpc) is 2.53. The largest absolute Gasteiger partial charge is 0.0648 e. The molecule has 2 rings (SSSR count). The third-order valence-electron chi connectivity index (χ3n) is 6.14. The van der Waals surface area contributed by atoms with Gasteiger partial charge in [-0.2, -0.15) is 0 Å². The van der Waals surface area contributed by atoms with Gasteiger partial charge in [-0.1, -0.05) is 34.6 Å². The molecule has 2 aliphatic carbocycles. The summed E-state index contributed by atoms with van der Waals surface area (Å²) in [7, 11) is 0. The quantitative estimate of drug-likeness (QED) is 0.607. The molecule has 2 saturated carbocycles. The van der Waals surface area contributed by atoms with Gasteiger partial charge < -0.3 is 0 Å². The summed E-state index contributed by atoms with van der Waals surface area (Å²) in [4.78, 5) is 0. The molecular formula is C14H26. The lowest BCUT2D eigenvalue weighted by molar-refractivity contribution is 0.0720. The Bertz CT molecular complexity index is 222. The van der Waals surface area contributed by atoms with Crippen LogP contribution in [-0.2, 0) is 0 Å². The van der Waals surface area contributed by atoms with Crippen LogP contribution in [0.4, 0.5) is 0 Å². The normalized spacial score (nSPS) is 43.1. The van der Waals surface area contributed by atoms with Crippen LogP contribution in [0.2, 0.25) is 0 Å². The molecule has 2 aliphatic rings. The summed E-state index contributed by atoms with van der Waals surface area (Å²) < 4.78 is 0. The standard InChI is InChI=1S/C14H26/c1-6-14(7-2)10(3)11-8-9-12(14)13(11,4)5/h10-12H,6-9H2,1-5H3/t10-,11+,12+/m1/s1. The molecule has 3 atom stereocenters. The van der Waals surface area contributed by atoms with Gasteiger partial charge in [-0.15, -0.1) is 0 Å². The monoisotopic (exact) mass is 194 g/mol. The van der Waals surface area contributed by atoms with Gasteiger partial charge in [0.05, 0.1) is 0 Å². The van der Waals surface area contributed by atoms with E-state index in [0.717, 1.165) is 17.8 Å². The summed E-state index contributed by atoms with van der Waals surface area (Å²) in [5, 5.41) is 0. The predicted octanol–water partition coefficient (Wildman–Crippen LogP) is 4.49. The SMILES string of the molecule is CCC1(CC)[C@H](C)[C@@H]2CC[C@H]1C2(C)C.